The number of nitrogens with zero attached hydrogens (tertiary/aromatic N) is 1. The molecule has 0 spiro atoms. The highest BCUT2D eigenvalue weighted by Gasteiger charge is 2.02. The predicted molar refractivity (Wildman–Crippen MR) is 60.7 cm³/mol. The zero-order valence-corrected chi connectivity index (χ0v) is 9.29. The van der Waals surface area contributed by atoms with Gasteiger partial charge >= 0.3 is 0 Å². The molecular weight excluding hydrogens is 207 g/mol. The highest BCUT2D eigenvalue weighted by Crippen LogP contribution is 2.15. The van der Waals surface area contributed by atoms with E-state index < -0.39 is 0 Å². The minimum absolute atomic E-state index is 0.336. The third kappa shape index (κ3) is 3.87. The Kier molecular flexibility index (Phi) is 5.30. The summed E-state index contributed by atoms with van der Waals surface area (Å²) in [5.41, 5.74) is 0.777. The molecule has 0 atom stereocenters. The van der Waals surface area contributed by atoms with E-state index in [1.165, 1.54) is 6.07 Å². The van der Waals surface area contributed by atoms with Gasteiger partial charge in [-0.3, -0.25) is 0 Å². The fourth-order valence-corrected chi connectivity index (χ4v) is 1.32. The first-order valence-electron chi connectivity index (χ1n) is 5.20. The van der Waals surface area contributed by atoms with Gasteiger partial charge in [-0.25, -0.2) is 4.39 Å². The van der Waals surface area contributed by atoms with Gasteiger partial charge in [0.15, 0.2) is 0 Å². The molecule has 0 saturated heterocycles. The summed E-state index contributed by atoms with van der Waals surface area (Å²) in [6, 6.07) is 6.31. The molecular formula is C12H15FN2O. The van der Waals surface area contributed by atoms with Crippen LogP contribution in [0.3, 0.4) is 0 Å². The first-order chi connectivity index (χ1) is 7.77. The molecule has 0 aliphatic rings. The molecule has 0 radical (unpaired) electrons. The molecule has 0 aromatic heterocycles. The van der Waals surface area contributed by atoms with E-state index in [9.17, 15) is 4.39 Å². The van der Waals surface area contributed by atoms with Crippen LogP contribution in [0.5, 0.6) is 0 Å². The second kappa shape index (κ2) is 6.81. The summed E-state index contributed by atoms with van der Waals surface area (Å²) in [4.78, 5) is 0. The third-order valence-electron chi connectivity index (χ3n) is 2.19. The number of anilines is 1. The lowest BCUT2D eigenvalue weighted by Gasteiger charge is -2.07. The maximum absolute atomic E-state index is 13.4. The van der Waals surface area contributed by atoms with Crippen molar-refractivity contribution in [2.24, 2.45) is 0 Å². The van der Waals surface area contributed by atoms with Crippen LogP contribution >= 0.6 is 0 Å². The van der Waals surface area contributed by atoms with Crippen molar-refractivity contribution in [3.8, 4) is 6.07 Å². The van der Waals surface area contributed by atoms with Crippen molar-refractivity contribution in [2.45, 2.75) is 12.8 Å². The fourth-order valence-electron chi connectivity index (χ4n) is 1.32. The maximum Gasteiger partial charge on any atom is 0.147 e. The van der Waals surface area contributed by atoms with Crippen LogP contribution in [-0.2, 0) is 4.74 Å². The van der Waals surface area contributed by atoms with Crippen LogP contribution in [0.1, 0.15) is 18.4 Å². The molecule has 0 heterocycles. The maximum atomic E-state index is 13.4. The summed E-state index contributed by atoms with van der Waals surface area (Å²) in [5, 5.41) is 11.6. The predicted octanol–water partition coefficient (Wildman–Crippen LogP) is 2.54. The van der Waals surface area contributed by atoms with Crippen LogP contribution < -0.4 is 5.32 Å². The van der Waals surface area contributed by atoms with Crippen LogP contribution in [-0.4, -0.2) is 20.3 Å². The lowest BCUT2D eigenvalue weighted by molar-refractivity contribution is 0.194. The zero-order valence-electron chi connectivity index (χ0n) is 9.29. The standard InChI is InChI=1S/C12H15FN2O/c1-16-7-3-2-6-15-12-5-4-10(9-14)8-11(12)13/h4-5,8,15H,2-3,6-7H2,1H3. The minimum Gasteiger partial charge on any atom is -0.385 e. The van der Waals surface area contributed by atoms with Gasteiger partial charge in [0.25, 0.3) is 0 Å². The Balaban J connectivity index is 2.40. The van der Waals surface area contributed by atoms with Gasteiger partial charge in [-0.05, 0) is 31.0 Å². The second-order valence-corrected chi connectivity index (χ2v) is 3.43. The number of hydrogen-bond acceptors (Lipinski definition) is 3. The highest BCUT2D eigenvalue weighted by molar-refractivity contribution is 5.48. The molecule has 86 valence electrons. The lowest BCUT2D eigenvalue weighted by atomic mass is 10.2. The highest BCUT2D eigenvalue weighted by atomic mass is 19.1. The number of benzene rings is 1. The van der Waals surface area contributed by atoms with Gasteiger partial charge < -0.3 is 10.1 Å². The van der Waals surface area contributed by atoms with Crippen molar-refractivity contribution in [2.75, 3.05) is 25.6 Å². The fraction of sp³-hybridized carbons (Fsp3) is 0.417. The van der Waals surface area contributed by atoms with Crippen molar-refractivity contribution in [3.63, 3.8) is 0 Å². The normalized spacial score (nSPS) is 9.81. The number of hydrogen-bond donors (Lipinski definition) is 1. The average molecular weight is 222 g/mol. The van der Waals surface area contributed by atoms with Gasteiger partial charge in [0.05, 0.1) is 17.3 Å². The summed E-state index contributed by atoms with van der Waals surface area (Å²) < 4.78 is 18.3. The van der Waals surface area contributed by atoms with E-state index in [1.54, 1.807) is 19.2 Å². The first kappa shape index (κ1) is 12.5. The Morgan fingerprint density at radius 1 is 1.44 bits per heavy atom. The van der Waals surface area contributed by atoms with Crippen molar-refractivity contribution in [3.05, 3.63) is 29.6 Å². The Morgan fingerprint density at radius 2 is 2.25 bits per heavy atom. The Labute approximate surface area is 94.8 Å². The number of nitriles is 1. The van der Waals surface area contributed by atoms with Crippen LogP contribution in [0.2, 0.25) is 0 Å². The van der Waals surface area contributed by atoms with E-state index in [0.717, 1.165) is 19.4 Å². The SMILES string of the molecule is COCCCCNc1ccc(C#N)cc1F. The topological polar surface area (TPSA) is 45.0 Å². The van der Waals surface area contributed by atoms with Gasteiger partial charge in [0.2, 0.25) is 0 Å². The number of halogens is 1. The molecule has 0 aliphatic heterocycles. The second-order valence-electron chi connectivity index (χ2n) is 3.43. The van der Waals surface area contributed by atoms with E-state index in [4.69, 9.17) is 10.00 Å². The van der Waals surface area contributed by atoms with Crippen LogP contribution in [0.25, 0.3) is 0 Å². The molecule has 0 amide bonds. The van der Waals surface area contributed by atoms with Crippen molar-refractivity contribution in [1.82, 2.24) is 0 Å². The number of ether oxygens (including phenoxy) is 1. The zero-order chi connectivity index (χ0) is 11.8. The van der Waals surface area contributed by atoms with E-state index in [1.807, 2.05) is 6.07 Å². The van der Waals surface area contributed by atoms with Gasteiger partial charge in [-0.15, -0.1) is 0 Å². The molecule has 0 saturated carbocycles. The summed E-state index contributed by atoms with van der Waals surface area (Å²) in [6.07, 6.45) is 1.87. The monoisotopic (exact) mass is 222 g/mol. The molecule has 16 heavy (non-hydrogen) atoms. The quantitative estimate of drug-likeness (QED) is 0.752. The first-order valence-corrected chi connectivity index (χ1v) is 5.20. The summed E-state index contributed by atoms with van der Waals surface area (Å²) in [7, 11) is 1.66. The van der Waals surface area contributed by atoms with Gasteiger partial charge in [-0.2, -0.15) is 5.26 Å². The molecule has 0 bridgehead atoms. The van der Waals surface area contributed by atoms with Crippen LogP contribution in [0.15, 0.2) is 18.2 Å². The van der Waals surface area contributed by atoms with E-state index in [0.29, 0.717) is 17.8 Å². The smallest absolute Gasteiger partial charge is 0.147 e. The molecule has 1 aromatic rings. The van der Waals surface area contributed by atoms with E-state index >= 15 is 0 Å². The Morgan fingerprint density at radius 3 is 2.88 bits per heavy atom. The number of methoxy groups -OCH3 is 1. The summed E-state index contributed by atoms with van der Waals surface area (Å²) in [6.45, 7) is 1.42. The number of nitrogens with one attached hydrogen (secondary N) is 1. The summed E-state index contributed by atoms with van der Waals surface area (Å²) >= 11 is 0. The summed E-state index contributed by atoms with van der Waals surface area (Å²) in [5.74, 6) is -0.384. The third-order valence-corrected chi connectivity index (χ3v) is 2.19. The molecule has 1 N–H and O–H groups in total. The lowest BCUT2D eigenvalue weighted by Crippen LogP contribution is -2.04. The van der Waals surface area contributed by atoms with Crippen molar-refractivity contribution < 1.29 is 9.13 Å². The molecule has 0 fully saturated rings. The van der Waals surface area contributed by atoms with Crippen LogP contribution in [0.4, 0.5) is 10.1 Å². The Bertz CT molecular complexity index is 374. The minimum atomic E-state index is -0.384. The molecule has 4 heteroatoms. The van der Waals surface area contributed by atoms with Gasteiger partial charge in [-0.1, -0.05) is 0 Å². The molecule has 3 nitrogen and oxygen atoms in total. The van der Waals surface area contributed by atoms with Gasteiger partial charge in [0, 0.05) is 20.3 Å². The Hall–Kier alpha value is -1.60. The van der Waals surface area contributed by atoms with Gasteiger partial charge in [0.1, 0.15) is 5.82 Å². The van der Waals surface area contributed by atoms with Crippen molar-refractivity contribution in [1.29, 1.82) is 5.26 Å². The number of unbranched alkanes of at least 4 members (excludes halogenated alkanes) is 1. The average Bonchev–Trinajstić information content (AvgIpc) is 2.30. The van der Waals surface area contributed by atoms with Crippen LogP contribution in [0, 0.1) is 17.1 Å². The number of rotatable bonds is 6. The van der Waals surface area contributed by atoms with Crippen molar-refractivity contribution >= 4 is 5.69 Å². The molecule has 0 unspecified atom stereocenters. The molecule has 1 rings (SSSR count). The van der Waals surface area contributed by atoms with E-state index in [-0.39, 0.29) is 5.82 Å². The van der Waals surface area contributed by atoms with E-state index in [2.05, 4.69) is 5.32 Å². The molecule has 1 aromatic carbocycles. The molecule has 0 aliphatic carbocycles. The largest absolute Gasteiger partial charge is 0.385 e.